The van der Waals surface area contributed by atoms with E-state index in [1.165, 1.54) is 0 Å². The number of rotatable bonds is 4. The van der Waals surface area contributed by atoms with Crippen LogP contribution in [0.1, 0.15) is 41.5 Å². The van der Waals surface area contributed by atoms with Crippen molar-refractivity contribution in [3.8, 4) is 0 Å². The Hall–Kier alpha value is 0.137. The van der Waals surface area contributed by atoms with Crippen molar-refractivity contribution < 1.29 is 8.85 Å². The molecule has 1 unspecified atom stereocenters. The van der Waals surface area contributed by atoms with Gasteiger partial charge in [0.25, 0.3) is 0 Å². The first-order valence-electron chi connectivity index (χ1n) is 5.04. The van der Waals surface area contributed by atoms with Crippen molar-refractivity contribution >= 4 is 8.56 Å². The summed E-state index contributed by atoms with van der Waals surface area (Å²) in [6.07, 6.45) is 0.252. The molecule has 0 saturated carbocycles. The molecule has 1 atom stereocenters. The van der Waals surface area contributed by atoms with Gasteiger partial charge in [0.05, 0.1) is 0 Å². The summed E-state index contributed by atoms with van der Waals surface area (Å²) in [4.78, 5) is 0. The summed E-state index contributed by atoms with van der Waals surface area (Å²) >= 11 is 0. The maximum atomic E-state index is 5.96. The van der Waals surface area contributed by atoms with Crippen molar-refractivity contribution in [2.24, 2.45) is 0 Å². The molecule has 0 rings (SSSR count). The van der Waals surface area contributed by atoms with Crippen LogP contribution in [0.2, 0.25) is 11.6 Å². The Morgan fingerprint density at radius 2 is 1.69 bits per heavy atom. The van der Waals surface area contributed by atoms with E-state index in [4.69, 9.17) is 8.85 Å². The molecular formula is C10H24O2Si. The normalized spacial score (nSPS) is 17.5. The van der Waals surface area contributed by atoms with Crippen LogP contribution in [-0.4, -0.2) is 21.3 Å². The molecule has 0 aliphatic rings. The van der Waals surface area contributed by atoms with Gasteiger partial charge >= 0.3 is 8.56 Å². The van der Waals surface area contributed by atoms with Crippen LogP contribution in [0.5, 0.6) is 0 Å². The molecule has 13 heavy (non-hydrogen) atoms. The van der Waals surface area contributed by atoms with E-state index in [2.05, 4.69) is 41.2 Å². The topological polar surface area (TPSA) is 18.5 Å². The van der Waals surface area contributed by atoms with Crippen molar-refractivity contribution in [1.29, 1.82) is 0 Å². The first-order chi connectivity index (χ1) is 5.73. The maximum absolute atomic E-state index is 5.96. The van der Waals surface area contributed by atoms with Crippen LogP contribution in [0.15, 0.2) is 0 Å². The summed E-state index contributed by atoms with van der Waals surface area (Å²) in [7, 11) is -2.01. The van der Waals surface area contributed by atoms with Gasteiger partial charge in [-0.1, -0.05) is 20.8 Å². The molecule has 0 radical (unpaired) electrons. The molecule has 2 nitrogen and oxygen atoms in total. The second-order valence-corrected chi connectivity index (χ2v) is 8.71. The van der Waals surface area contributed by atoms with E-state index in [0.717, 1.165) is 6.61 Å². The zero-order valence-corrected chi connectivity index (χ0v) is 11.1. The van der Waals surface area contributed by atoms with E-state index in [-0.39, 0.29) is 11.1 Å². The molecule has 0 fully saturated rings. The number of hydrogen-bond donors (Lipinski definition) is 0. The van der Waals surface area contributed by atoms with E-state index in [1.807, 2.05) is 6.92 Å². The van der Waals surface area contributed by atoms with Gasteiger partial charge < -0.3 is 8.85 Å². The first-order valence-corrected chi connectivity index (χ1v) is 7.36. The van der Waals surface area contributed by atoms with Crippen LogP contribution in [0.25, 0.3) is 0 Å². The van der Waals surface area contributed by atoms with Gasteiger partial charge in [0.2, 0.25) is 0 Å². The van der Waals surface area contributed by atoms with E-state index < -0.39 is 8.56 Å². The second-order valence-electron chi connectivity index (χ2n) is 4.80. The molecule has 0 aliphatic heterocycles. The predicted molar refractivity (Wildman–Crippen MR) is 59.2 cm³/mol. The molecule has 0 N–H and O–H groups in total. The lowest BCUT2D eigenvalue weighted by Gasteiger charge is -2.39. The molecular weight excluding hydrogens is 180 g/mol. The Morgan fingerprint density at radius 1 is 1.23 bits per heavy atom. The van der Waals surface area contributed by atoms with Crippen LogP contribution >= 0.6 is 0 Å². The molecule has 0 aromatic carbocycles. The molecule has 0 bridgehead atoms. The van der Waals surface area contributed by atoms with Gasteiger partial charge in [-0.15, -0.1) is 0 Å². The summed E-state index contributed by atoms with van der Waals surface area (Å²) in [6.45, 7) is 15.6. The third-order valence-electron chi connectivity index (χ3n) is 2.24. The Balaban J connectivity index is 4.53. The van der Waals surface area contributed by atoms with Crippen LogP contribution in [-0.2, 0) is 8.85 Å². The van der Waals surface area contributed by atoms with Crippen molar-refractivity contribution in [1.82, 2.24) is 0 Å². The molecule has 3 heteroatoms. The maximum Gasteiger partial charge on any atom is 0.340 e. The molecule has 0 aromatic heterocycles. The zero-order valence-electron chi connectivity index (χ0n) is 10.1. The molecule has 0 saturated heterocycles. The van der Waals surface area contributed by atoms with E-state index in [9.17, 15) is 0 Å². The monoisotopic (exact) mass is 204 g/mol. The summed E-state index contributed by atoms with van der Waals surface area (Å²) in [5, 5.41) is 0.132. The Kier molecular flexibility index (Phi) is 4.62. The van der Waals surface area contributed by atoms with Gasteiger partial charge in [-0.2, -0.15) is 0 Å². The molecule has 0 spiro atoms. The highest BCUT2D eigenvalue weighted by molar-refractivity contribution is 6.69. The van der Waals surface area contributed by atoms with Gasteiger partial charge in [0, 0.05) is 17.7 Å². The van der Waals surface area contributed by atoms with E-state index in [1.54, 1.807) is 0 Å². The molecule has 0 aromatic rings. The summed E-state index contributed by atoms with van der Waals surface area (Å²) in [5.74, 6) is 0. The second kappa shape index (κ2) is 4.58. The largest absolute Gasteiger partial charge is 0.394 e. The number of hydrogen-bond acceptors (Lipinski definition) is 2. The van der Waals surface area contributed by atoms with Crippen LogP contribution in [0.3, 0.4) is 0 Å². The van der Waals surface area contributed by atoms with Crippen LogP contribution < -0.4 is 0 Å². The van der Waals surface area contributed by atoms with Crippen molar-refractivity contribution in [2.75, 3.05) is 6.61 Å². The lowest BCUT2D eigenvalue weighted by molar-refractivity contribution is 0.124. The fraction of sp³-hybridized carbons (Fsp3) is 1.00. The minimum atomic E-state index is -2.01. The quantitative estimate of drug-likeness (QED) is 0.654. The van der Waals surface area contributed by atoms with Gasteiger partial charge in [0.15, 0.2) is 0 Å². The average Bonchev–Trinajstić information content (AvgIpc) is 1.82. The third-order valence-corrected chi connectivity index (χ3v) is 6.73. The minimum absolute atomic E-state index is 0.132. The van der Waals surface area contributed by atoms with Crippen molar-refractivity contribution in [3.63, 3.8) is 0 Å². The highest BCUT2D eigenvalue weighted by Gasteiger charge is 2.45. The Morgan fingerprint density at radius 3 is 1.92 bits per heavy atom. The highest BCUT2D eigenvalue weighted by Crippen LogP contribution is 2.38. The lowest BCUT2D eigenvalue weighted by Crippen LogP contribution is -2.49. The third kappa shape index (κ3) is 3.79. The van der Waals surface area contributed by atoms with Gasteiger partial charge in [-0.05, 0) is 27.3 Å². The highest BCUT2D eigenvalue weighted by atomic mass is 28.4. The molecule has 0 amide bonds. The van der Waals surface area contributed by atoms with Gasteiger partial charge in [-0.3, -0.25) is 0 Å². The summed E-state index contributed by atoms with van der Waals surface area (Å²) in [5.41, 5.74) is 0. The zero-order chi connectivity index (χ0) is 10.7. The van der Waals surface area contributed by atoms with Crippen molar-refractivity contribution in [2.45, 2.75) is 59.2 Å². The molecule has 0 aliphatic carbocycles. The van der Waals surface area contributed by atoms with Crippen LogP contribution in [0, 0.1) is 0 Å². The van der Waals surface area contributed by atoms with Gasteiger partial charge in [-0.25, -0.2) is 0 Å². The first kappa shape index (κ1) is 13.1. The van der Waals surface area contributed by atoms with Crippen LogP contribution in [0.4, 0.5) is 0 Å². The summed E-state index contributed by atoms with van der Waals surface area (Å²) in [6, 6.07) is 0. The fourth-order valence-corrected chi connectivity index (χ4v) is 3.46. The van der Waals surface area contributed by atoms with E-state index in [0.29, 0.717) is 0 Å². The smallest absolute Gasteiger partial charge is 0.340 e. The lowest BCUT2D eigenvalue weighted by atomic mass is 10.3. The van der Waals surface area contributed by atoms with Crippen molar-refractivity contribution in [3.05, 3.63) is 0 Å². The molecule has 0 heterocycles. The molecule has 80 valence electrons. The Bertz CT molecular complexity index is 151. The fourth-order valence-electron chi connectivity index (χ4n) is 1.15. The predicted octanol–water partition coefficient (Wildman–Crippen LogP) is 3.32. The Labute approximate surface area is 83.9 Å². The SMILES string of the molecule is CCO[Si](C)(OC(C)C)C(C)(C)C. The van der Waals surface area contributed by atoms with E-state index >= 15 is 0 Å². The summed E-state index contributed by atoms with van der Waals surface area (Å²) < 4.78 is 11.8. The van der Waals surface area contributed by atoms with Gasteiger partial charge in [0.1, 0.15) is 0 Å². The minimum Gasteiger partial charge on any atom is -0.394 e. The average molecular weight is 204 g/mol. The standard InChI is InChI=1S/C10H24O2Si/c1-8-11-13(7,10(4,5)6)12-9(2)3/h9H,8H2,1-7H3.